The summed E-state index contributed by atoms with van der Waals surface area (Å²) in [6.07, 6.45) is 0.800. The molecule has 0 radical (unpaired) electrons. The van der Waals surface area contributed by atoms with E-state index in [1.165, 1.54) is 0 Å². The van der Waals surface area contributed by atoms with E-state index in [4.69, 9.17) is 0 Å². The Morgan fingerprint density at radius 2 is 1.82 bits per heavy atom. The largest absolute Gasteiger partial charge is 0.390 e. The van der Waals surface area contributed by atoms with Gasteiger partial charge in [-0.3, -0.25) is 9.69 Å². The number of aliphatic hydroxyl groups is 2. The molecule has 1 aliphatic rings. The monoisotopic (exact) mass is 300 g/mol. The summed E-state index contributed by atoms with van der Waals surface area (Å²) >= 11 is 0. The lowest BCUT2D eigenvalue weighted by Crippen LogP contribution is -2.52. The van der Waals surface area contributed by atoms with E-state index >= 15 is 0 Å². The highest BCUT2D eigenvalue weighted by atomic mass is 16.3. The van der Waals surface area contributed by atoms with Crippen LogP contribution in [-0.4, -0.2) is 38.9 Å². The number of aliphatic hydroxyl groups excluding tert-OH is 2. The highest BCUT2D eigenvalue weighted by molar-refractivity contribution is 5.63. The van der Waals surface area contributed by atoms with Crippen LogP contribution >= 0.6 is 0 Å². The predicted octanol–water partition coefficient (Wildman–Crippen LogP) is 1.03. The van der Waals surface area contributed by atoms with E-state index in [0.717, 1.165) is 16.7 Å². The fourth-order valence-electron chi connectivity index (χ4n) is 2.78. The summed E-state index contributed by atoms with van der Waals surface area (Å²) in [5.74, 6) is 0. The normalized spacial score (nSPS) is 17.3. The van der Waals surface area contributed by atoms with Crippen LogP contribution in [0.25, 0.3) is 11.1 Å². The predicted molar refractivity (Wildman–Crippen MR) is 84.4 cm³/mol. The zero-order chi connectivity index (χ0) is 15.9. The number of likely N-dealkylation sites (tertiary alicyclic amines) is 1. The van der Waals surface area contributed by atoms with Crippen LogP contribution in [0.2, 0.25) is 0 Å². The van der Waals surface area contributed by atoms with Gasteiger partial charge in [-0.1, -0.05) is 24.3 Å². The minimum absolute atomic E-state index is 0.00661. The van der Waals surface area contributed by atoms with Gasteiger partial charge >= 0.3 is 0 Å². The van der Waals surface area contributed by atoms with Crippen LogP contribution in [0.5, 0.6) is 0 Å². The second kappa shape index (κ2) is 5.68. The summed E-state index contributed by atoms with van der Waals surface area (Å²) in [6.45, 7) is 2.81. The van der Waals surface area contributed by atoms with Crippen LogP contribution in [0.3, 0.4) is 0 Å². The molecular formula is C17H20N2O3. The number of hydrogen-bond donors (Lipinski definition) is 2. The summed E-state index contributed by atoms with van der Waals surface area (Å²) in [5.41, 5.74) is 3.49. The molecule has 1 unspecified atom stereocenters. The lowest BCUT2D eigenvalue weighted by atomic mass is 10.0. The van der Waals surface area contributed by atoms with Crippen LogP contribution in [0.1, 0.15) is 17.4 Å². The van der Waals surface area contributed by atoms with Gasteiger partial charge in [-0.25, -0.2) is 0 Å². The lowest BCUT2D eigenvalue weighted by molar-refractivity contribution is -0.101. The van der Waals surface area contributed by atoms with Crippen molar-refractivity contribution in [3.63, 3.8) is 0 Å². The highest BCUT2D eigenvalue weighted by Gasteiger charge is 2.30. The van der Waals surface area contributed by atoms with Gasteiger partial charge in [0.1, 0.15) is 6.23 Å². The van der Waals surface area contributed by atoms with Crippen LogP contribution in [0, 0.1) is 6.92 Å². The fraction of sp³-hybridized carbons (Fsp3) is 0.353. The van der Waals surface area contributed by atoms with E-state index in [0.29, 0.717) is 18.7 Å². The van der Waals surface area contributed by atoms with Gasteiger partial charge in [0.15, 0.2) is 0 Å². The molecule has 1 aromatic heterocycles. The Kier molecular flexibility index (Phi) is 3.87. The number of rotatable bonds is 3. The van der Waals surface area contributed by atoms with Crippen molar-refractivity contribution < 1.29 is 10.2 Å². The average molecular weight is 300 g/mol. The maximum atomic E-state index is 11.7. The fourth-order valence-corrected chi connectivity index (χ4v) is 2.78. The molecule has 0 spiro atoms. The van der Waals surface area contributed by atoms with Crippen molar-refractivity contribution in [2.45, 2.75) is 19.3 Å². The van der Waals surface area contributed by atoms with Crippen molar-refractivity contribution in [3.8, 4) is 11.1 Å². The molecule has 1 aliphatic heterocycles. The van der Waals surface area contributed by atoms with Crippen molar-refractivity contribution in [3.05, 3.63) is 58.0 Å². The number of nitrogens with zero attached hydrogens (tertiary/aromatic N) is 2. The number of aromatic nitrogens is 1. The maximum absolute atomic E-state index is 11.7. The molecule has 1 saturated heterocycles. The molecule has 2 N–H and O–H groups in total. The Labute approximate surface area is 129 Å². The van der Waals surface area contributed by atoms with Gasteiger partial charge in [0.2, 0.25) is 0 Å². The number of aryl methyl sites for hydroxylation is 2. The molecule has 0 amide bonds. The third-order valence-corrected chi connectivity index (χ3v) is 4.14. The number of benzene rings is 1. The molecule has 22 heavy (non-hydrogen) atoms. The first-order valence-electron chi connectivity index (χ1n) is 7.33. The van der Waals surface area contributed by atoms with Gasteiger partial charge in [0.05, 0.1) is 6.10 Å². The molecule has 2 heterocycles. The zero-order valence-electron chi connectivity index (χ0n) is 12.7. The smallest absolute Gasteiger partial charge is 0.253 e. The second-order valence-electron chi connectivity index (χ2n) is 5.93. The molecule has 2 aromatic rings. The molecule has 5 nitrogen and oxygen atoms in total. The quantitative estimate of drug-likeness (QED) is 0.888. The summed E-state index contributed by atoms with van der Waals surface area (Å²) < 4.78 is 1.58. The van der Waals surface area contributed by atoms with Crippen molar-refractivity contribution in [1.29, 1.82) is 0 Å². The van der Waals surface area contributed by atoms with Crippen molar-refractivity contribution >= 4 is 0 Å². The summed E-state index contributed by atoms with van der Waals surface area (Å²) in [5, 5.41) is 19.5. The minimum atomic E-state index is -0.681. The summed E-state index contributed by atoms with van der Waals surface area (Å²) in [7, 11) is 1.74. The first-order valence-corrected chi connectivity index (χ1v) is 7.33. The van der Waals surface area contributed by atoms with Gasteiger partial charge in [-0.15, -0.1) is 0 Å². The first-order chi connectivity index (χ1) is 10.5. The minimum Gasteiger partial charge on any atom is -0.390 e. The van der Waals surface area contributed by atoms with Crippen LogP contribution in [0.15, 0.2) is 41.3 Å². The van der Waals surface area contributed by atoms with Crippen LogP contribution in [0.4, 0.5) is 0 Å². The molecule has 0 saturated carbocycles. The lowest BCUT2D eigenvalue weighted by Gasteiger charge is -2.39. The molecule has 0 aliphatic carbocycles. The SMILES string of the molecule is Cc1cc(-c2ccc(C(O)N3CC(O)C3)cc2)cn(C)c1=O. The highest BCUT2D eigenvalue weighted by Crippen LogP contribution is 2.26. The Balaban J connectivity index is 1.84. The summed E-state index contributed by atoms with van der Waals surface area (Å²) in [4.78, 5) is 13.6. The third kappa shape index (κ3) is 2.70. The van der Waals surface area contributed by atoms with Crippen molar-refractivity contribution in [2.75, 3.05) is 13.1 Å². The molecule has 0 bridgehead atoms. The Morgan fingerprint density at radius 3 is 2.36 bits per heavy atom. The number of β-amino-alcohol motifs (C(OH)–C–C–N with tert-alkyl or cyclic N) is 1. The van der Waals surface area contributed by atoms with Gasteiger partial charge in [-0.2, -0.15) is 0 Å². The standard InChI is InChI=1S/C17H20N2O3/c1-11-7-14(8-18(2)16(11)21)12-3-5-13(6-4-12)17(22)19-9-15(20)10-19/h3-8,15,17,20,22H,9-10H2,1-2H3. The maximum Gasteiger partial charge on any atom is 0.253 e. The van der Waals surface area contributed by atoms with Crippen molar-refractivity contribution in [2.24, 2.45) is 7.05 Å². The molecule has 5 heteroatoms. The second-order valence-corrected chi connectivity index (χ2v) is 5.93. The Bertz CT molecular complexity index is 704. The van der Waals surface area contributed by atoms with E-state index in [1.807, 2.05) is 41.4 Å². The van der Waals surface area contributed by atoms with Gasteiger partial charge in [0, 0.05) is 31.9 Å². The van der Waals surface area contributed by atoms with E-state index in [-0.39, 0.29) is 11.7 Å². The molecule has 3 rings (SSSR count). The summed E-state index contributed by atoms with van der Waals surface area (Å²) in [6, 6.07) is 9.51. The first kappa shape index (κ1) is 15.0. The van der Waals surface area contributed by atoms with E-state index in [9.17, 15) is 15.0 Å². The molecular weight excluding hydrogens is 280 g/mol. The number of hydrogen-bond acceptors (Lipinski definition) is 4. The zero-order valence-corrected chi connectivity index (χ0v) is 12.7. The van der Waals surface area contributed by atoms with E-state index in [1.54, 1.807) is 18.5 Å². The molecule has 1 fully saturated rings. The molecule has 1 aromatic carbocycles. The number of pyridine rings is 1. The topological polar surface area (TPSA) is 65.7 Å². The van der Waals surface area contributed by atoms with Crippen molar-refractivity contribution in [1.82, 2.24) is 9.47 Å². The Morgan fingerprint density at radius 1 is 1.18 bits per heavy atom. The van der Waals surface area contributed by atoms with E-state index in [2.05, 4.69) is 0 Å². The van der Waals surface area contributed by atoms with E-state index < -0.39 is 6.23 Å². The Hall–Kier alpha value is -1.95. The van der Waals surface area contributed by atoms with Gasteiger partial charge in [-0.05, 0) is 29.7 Å². The van der Waals surface area contributed by atoms with Crippen LogP contribution in [-0.2, 0) is 7.05 Å². The van der Waals surface area contributed by atoms with Gasteiger partial charge in [0.25, 0.3) is 5.56 Å². The molecule has 1 atom stereocenters. The van der Waals surface area contributed by atoms with Crippen LogP contribution < -0.4 is 5.56 Å². The third-order valence-electron chi connectivity index (χ3n) is 4.14. The van der Waals surface area contributed by atoms with Gasteiger partial charge < -0.3 is 14.8 Å². The average Bonchev–Trinajstić information content (AvgIpc) is 2.48. The molecule has 116 valence electrons.